The highest BCUT2D eigenvalue weighted by atomic mass is 32.1. The molecule has 112 valence electrons. The average molecular weight is 301 g/mol. The molecule has 1 aromatic heterocycles. The largest absolute Gasteiger partial charge is 0.497 e. The first-order valence-electron chi connectivity index (χ1n) is 7.68. The summed E-state index contributed by atoms with van der Waals surface area (Å²) in [6, 6.07) is 11.3. The zero-order chi connectivity index (χ0) is 14.7. The van der Waals surface area contributed by atoms with E-state index in [4.69, 9.17) is 4.74 Å². The summed E-state index contributed by atoms with van der Waals surface area (Å²) in [6.07, 6.45) is 4.92. The Bertz CT molecular complexity index is 592. The Morgan fingerprint density at radius 2 is 2.29 bits per heavy atom. The van der Waals surface area contributed by atoms with Crippen molar-refractivity contribution in [1.82, 2.24) is 5.32 Å². The number of benzene rings is 1. The van der Waals surface area contributed by atoms with Crippen molar-refractivity contribution in [2.45, 2.75) is 37.6 Å². The molecular formula is C18H23NOS. The highest BCUT2D eigenvalue weighted by Gasteiger charge is 2.27. The summed E-state index contributed by atoms with van der Waals surface area (Å²) in [7, 11) is 3.82. The van der Waals surface area contributed by atoms with Crippen molar-refractivity contribution >= 4 is 11.3 Å². The van der Waals surface area contributed by atoms with E-state index in [0.29, 0.717) is 12.0 Å². The van der Waals surface area contributed by atoms with Crippen molar-refractivity contribution in [1.29, 1.82) is 0 Å². The SMILES string of the molecule is CNC(Cc1cccc(OC)c1)C1CCCc2sccc21. The molecule has 0 saturated heterocycles. The molecule has 0 bridgehead atoms. The molecule has 2 nitrogen and oxygen atoms in total. The minimum atomic E-state index is 0.491. The molecule has 0 fully saturated rings. The molecule has 1 N–H and O–H groups in total. The molecule has 0 aliphatic heterocycles. The number of ether oxygens (including phenoxy) is 1. The van der Waals surface area contributed by atoms with Crippen LogP contribution in [0, 0.1) is 0 Å². The van der Waals surface area contributed by atoms with Gasteiger partial charge in [-0.25, -0.2) is 0 Å². The molecule has 3 heteroatoms. The molecule has 2 unspecified atom stereocenters. The lowest BCUT2D eigenvalue weighted by Gasteiger charge is -2.30. The third-order valence-corrected chi connectivity index (χ3v) is 5.54. The van der Waals surface area contributed by atoms with Crippen LogP contribution in [0.1, 0.15) is 34.8 Å². The second kappa shape index (κ2) is 6.63. The smallest absolute Gasteiger partial charge is 0.119 e. The van der Waals surface area contributed by atoms with Crippen LogP contribution in [0.3, 0.4) is 0 Å². The third kappa shape index (κ3) is 3.14. The first-order valence-corrected chi connectivity index (χ1v) is 8.56. The van der Waals surface area contributed by atoms with Crippen LogP contribution in [0.15, 0.2) is 35.7 Å². The van der Waals surface area contributed by atoms with Crippen molar-refractivity contribution in [2.75, 3.05) is 14.2 Å². The number of likely N-dealkylation sites (N-methyl/N-ethyl adjacent to an activating group) is 1. The zero-order valence-corrected chi connectivity index (χ0v) is 13.6. The summed E-state index contributed by atoms with van der Waals surface area (Å²) in [5.41, 5.74) is 2.92. The van der Waals surface area contributed by atoms with Crippen LogP contribution in [-0.4, -0.2) is 20.2 Å². The molecule has 1 aliphatic rings. The van der Waals surface area contributed by atoms with Crippen LogP contribution in [-0.2, 0) is 12.8 Å². The molecular weight excluding hydrogens is 278 g/mol. The number of methoxy groups -OCH3 is 1. The van der Waals surface area contributed by atoms with Crippen LogP contribution < -0.4 is 10.1 Å². The molecule has 2 atom stereocenters. The van der Waals surface area contributed by atoms with Crippen molar-refractivity contribution in [2.24, 2.45) is 0 Å². The standard InChI is InChI=1S/C18H23NOS/c1-19-17(12-13-5-3-6-14(11-13)20-2)15-7-4-8-18-16(15)9-10-21-18/h3,5-6,9-11,15,17,19H,4,7-8,12H2,1-2H3. The summed E-state index contributed by atoms with van der Waals surface area (Å²) < 4.78 is 5.34. The van der Waals surface area contributed by atoms with Crippen LogP contribution in [0.4, 0.5) is 0 Å². The summed E-state index contributed by atoms with van der Waals surface area (Å²) in [6.45, 7) is 0. The fourth-order valence-electron chi connectivity index (χ4n) is 3.44. The van der Waals surface area contributed by atoms with Gasteiger partial charge in [0.25, 0.3) is 0 Å². The topological polar surface area (TPSA) is 21.3 Å². The fraction of sp³-hybridized carbons (Fsp3) is 0.444. The number of nitrogens with one attached hydrogen (secondary N) is 1. The van der Waals surface area contributed by atoms with Crippen molar-refractivity contribution in [3.8, 4) is 5.75 Å². The van der Waals surface area contributed by atoms with E-state index in [9.17, 15) is 0 Å². The van der Waals surface area contributed by atoms with Gasteiger partial charge < -0.3 is 10.1 Å². The molecule has 0 spiro atoms. The van der Waals surface area contributed by atoms with E-state index in [-0.39, 0.29) is 0 Å². The Labute approximate surface area is 131 Å². The van der Waals surface area contributed by atoms with Crippen molar-refractivity contribution in [3.63, 3.8) is 0 Å². The molecule has 0 radical (unpaired) electrons. The van der Waals surface area contributed by atoms with Gasteiger partial charge in [0.15, 0.2) is 0 Å². The van der Waals surface area contributed by atoms with Gasteiger partial charge in [0.2, 0.25) is 0 Å². The minimum Gasteiger partial charge on any atom is -0.497 e. The molecule has 1 heterocycles. The second-order valence-corrected chi connectivity index (χ2v) is 6.75. The minimum absolute atomic E-state index is 0.491. The number of thiophene rings is 1. The lowest BCUT2D eigenvalue weighted by Crippen LogP contribution is -2.35. The van der Waals surface area contributed by atoms with E-state index in [1.165, 1.54) is 24.8 Å². The molecule has 2 aromatic rings. The molecule has 21 heavy (non-hydrogen) atoms. The number of hydrogen-bond acceptors (Lipinski definition) is 3. The highest BCUT2D eigenvalue weighted by Crippen LogP contribution is 2.37. The van der Waals surface area contributed by atoms with Gasteiger partial charge in [0, 0.05) is 16.8 Å². The Morgan fingerprint density at radius 1 is 1.38 bits per heavy atom. The van der Waals surface area contributed by atoms with Gasteiger partial charge in [-0.1, -0.05) is 12.1 Å². The van der Waals surface area contributed by atoms with Crippen LogP contribution in [0.25, 0.3) is 0 Å². The van der Waals surface area contributed by atoms with Gasteiger partial charge in [0.05, 0.1) is 7.11 Å². The predicted octanol–water partition coefficient (Wildman–Crippen LogP) is 4.01. The number of hydrogen-bond donors (Lipinski definition) is 1. The van der Waals surface area contributed by atoms with Crippen LogP contribution >= 0.6 is 11.3 Å². The summed E-state index contributed by atoms with van der Waals surface area (Å²) >= 11 is 1.92. The van der Waals surface area contributed by atoms with Gasteiger partial charge in [0.1, 0.15) is 5.75 Å². The summed E-state index contributed by atoms with van der Waals surface area (Å²) in [5.74, 6) is 1.58. The molecule has 1 aromatic carbocycles. The maximum Gasteiger partial charge on any atom is 0.119 e. The lowest BCUT2D eigenvalue weighted by atomic mass is 9.80. The second-order valence-electron chi connectivity index (χ2n) is 5.75. The summed E-state index contributed by atoms with van der Waals surface area (Å²) in [4.78, 5) is 1.59. The molecule has 0 saturated carbocycles. The lowest BCUT2D eigenvalue weighted by molar-refractivity contribution is 0.406. The number of rotatable bonds is 5. The van der Waals surface area contributed by atoms with Gasteiger partial charge in [-0.3, -0.25) is 0 Å². The van der Waals surface area contributed by atoms with Crippen LogP contribution in [0.5, 0.6) is 5.75 Å². The Balaban J connectivity index is 1.80. The van der Waals surface area contributed by atoms with Gasteiger partial charge in [-0.05, 0) is 67.4 Å². The normalized spacial score (nSPS) is 19.0. The molecule has 3 rings (SSSR count). The first kappa shape index (κ1) is 14.6. The monoisotopic (exact) mass is 301 g/mol. The average Bonchev–Trinajstić information content (AvgIpc) is 3.01. The first-order chi connectivity index (χ1) is 10.3. The maximum absolute atomic E-state index is 5.34. The Kier molecular flexibility index (Phi) is 4.61. The molecule has 0 amide bonds. The zero-order valence-electron chi connectivity index (χ0n) is 12.8. The van der Waals surface area contributed by atoms with E-state index in [0.717, 1.165) is 12.2 Å². The van der Waals surface area contributed by atoms with Gasteiger partial charge in [-0.2, -0.15) is 0 Å². The quantitative estimate of drug-likeness (QED) is 0.901. The Morgan fingerprint density at radius 3 is 3.10 bits per heavy atom. The van der Waals surface area contributed by atoms with E-state index >= 15 is 0 Å². The van der Waals surface area contributed by atoms with Crippen molar-refractivity contribution in [3.05, 3.63) is 51.7 Å². The summed E-state index contributed by atoms with van der Waals surface area (Å²) in [5, 5.41) is 5.80. The van der Waals surface area contributed by atoms with E-state index in [2.05, 4.69) is 42.0 Å². The third-order valence-electron chi connectivity index (χ3n) is 4.54. The highest BCUT2D eigenvalue weighted by molar-refractivity contribution is 7.10. The molecule has 1 aliphatic carbocycles. The van der Waals surface area contributed by atoms with Crippen molar-refractivity contribution < 1.29 is 4.74 Å². The number of aryl methyl sites for hydroxylation is 1. The predicted molar refractivity (Wildman–Crippen MR) is 89.5 cm³/mol. The van der Waals surface area contributed by atoms with E-state index < -0.39 is 0 Å². The van der Waals surface area contributed by atoms with Crippen LogP contribution in [0.2, 0.25) is 0 Å². The number of fused-ring (bicyclic) bond motifs is 1. The van der Waals surface area contributed by atoms with Gasteiger partial charge >= 0.3 is 0 Å². The van der Waals surface area contributed by atoms with E-state index in [1.807, 2.05) is 17.4 Å². The fourth-order valence-corrected chi connectivity index (χ4v) is 4.44. The Hall–Kier alpha value is -1.32. The van der Waals surface area contributed by atoms with E-state index in [1.54, 1.807) is 17.6 Å². The van der Waals surface area contributed by atoms with Gasteiger partial charge in [-0.15, -0.1) is 11.3 Å². The maximum atomic E-state index is 5.34.